The molecule has 1 aliphatic rings. The van der Waals surface area contributed by atoms with Gasteiger partial charge in [0.25, 0.3) is 0 Å². The minimum absolute atomic E-state index is 0.335. The smallest absolute Gasteiger partial charge is 0.337 e. The van der Waals surface area contributed by atoms with E-state index in [4.69, 9.17) is 12.2 Å². The van der Waals surface area contributed by atoms with Crippen LogP contribution in [-0.2, 0) is 4.74 Å². The number of nitrogens with one attached hydrogen (secondary N) is 2. The van der Waals surface area contributed by atoms with Gasteiger partial charge in [-0.2, -0.15) is 0 Å². The topological polar surface area (TPSA) is 50.4 Å². The van der Waals surface area contributed by atoms with Crippen LogP contribution in [0.5, 0.6) is 0 Å². The number of methoxy groups -OCH3 is 1. The van der Waals surface area contributed by atoms with Gasteiger partial charge in [-0.15, -0.1) is 0 Å². The Balaban J connectivity index is 1.88. The van der Waals surface area contributed by atoms with Crippen LogP contribution in [0.3, 0.4) is 0 Å². The fourth-order valence-corrected chi connectivity index (χ4v) is 2.94. The van der Waals surface area contributed by atoms with E-state index in [9.17, 15) is 4.79 Å². The minimum atomic E-state index is -0.335. The largest absolute Gasteiger partial charge is 0.465 e. The van der Waals surface area contributed by atoms with E-state index >= 15 is 0 Å². The molecule has 1 fully saturated rings. The summed E-state index contributed by atoms with van der Waals surface area (Å²) in [6.07, 6.45) is 5.01. The second kappa shape index (κ2) is 7.41. The second-order valence-electron chi connectivity index (χ2n) is 5.54. The highest BCUT2D eigenvalue weighted by Gasteiger charge is 2.21. The van der Waals surface area contributed by atoms with Gasteiger partial charge in [-0.05, 0) is 55.2 Å². The number of ether oxygens (including phenoxy) is 1. The third kappa shape index (κ3) is 4.43. The first-order valence-electron chi connectivity index (χ1n) is 7.36. The number of carbonyl (C=O) groups is 1. The third-order valence-electron chi connectivity index (χ3n) is 3.99. The fraction of sp³-hybridized carbons (Fsp3) is 0.500. The summed E-state index contributed by atoms with van der Waals surface area (Å²) in [6.45, 7) is 2.27. The first kappa shape index (κ1) is 15.8. The van der Waals surface area contributed by atoms with Crippen LogP contribution in [0.2, 0.25) is 0 Å². The molecule has 4 nitrogen and oxygen atoms in total. The summed E-state index contributed by atoms with van der Waals surface area (Å²) in [5, 5.41) is 7.19. The Labute approximate surface area is 131 Å². The zero-order chi connectivity index (χ0) is 15.2. The third-order valence-corrected chi connectivity index (χ3v) is 4.21. The average molecular weight is 306 g/mol. The Bertz CT molecular complexity index is 502. The monoisotopic (exact) mass is 306 g/mol. The Morgan fingerprint density at radius 3 is 2.52 bits per heavy atom. The Morgan fingerprint density at radius 2 is 1.90 bits per heavy atom. The summed E-state index contributed by atoms with van der Waals surface area (Å²) in [5.74, 6) is 0.318. The van der Waals surface area contributed by atoms with Gasteiger partial charge < -0.3 is 15.4 Å². The summed E-state index contributed by atoms with van der Waals surface area (Å²) in [6, 6.07) is 7.54. The predicted molar refractivity (Wildman–Crippen MR) is 88.6 cm³/mol. The molecule has 2 N–H and O–H groups in total. The first-order valence-corrected chi connectivity index (χ1v) is 7.77. The second-order valence-corrected chi connectivity index (χ2v) is 5.94. The van der Waals surface area contributed by atoms with Gasteiger partial charge in [-0.25, -0.2) is 4.79 Å². The molecule has 0 saturated heterocycles. The number of hydrogen-bond acceptors (Lipinski definition) is 3. The van der Waals surface area contributed by atoms with Crippen molar-refractivity contribution in [3.63, 3.8) is 0 Å². The number of thiocarbonyl (C=S) groups is 1. The first-order chi connectivity index (χ1) is 10.1. The van der Waals surface area contributed by atoms with Crippen molar-refractivity contribution < 1.29 is 9.53 Å². The minimum Gasteiger partial charge on any atom is -0.465 e. The molecule has 0 unspecified atom stereocenters. The van der Waals surface area contributed by atoms with E-state index in [1.54, 1.807) is 12.1 Å². The van der Waals surface area contributed by atoms with Gasteiger partial charge in [-0.1, -0.05) is 19.8 Å². The molecule has 2 atom stereocenters. The molecule has 1 aromatic carbocycles. The molecule has 21 heavy (non-hydrogen) atoms. The molecule has 0 aromatic heterocycles. The number of hydrogen-bond donors (Lipinski definition) is 2. The van der Waals surface area contributed by atoms with E-state index in [0.717, 1.165) is 5.69 Å². The van der Waals surface area contributed by atoms with Gasteiger partial charge in [0, 0.05) is 11.7 Å². The van der Waals surface area contributed by atoms with E-state index in [-0.39, 0.29) is 5.97 Å². The summed E-state index contributed by atoms with van der Waals surface area (Å²) in [7, 11) is 1.37. The van der Waals surface area contributed by atoms with Crippen molar-refractivity contribution in [2.75, 3.05) is 12.4 Å². The quantitative estimate of drug-likeness (QED) is 0.662. The number of carbonyl (C=O) groups excluding carboxylic acids is 1. The van der Waals surface area contributed by atoms with Gasteiger partial charge >= 0.3 is 5.97 Å². The molecule has 0 heterocycles. The highest BCUT2D eigenvalue weighted by Crippen LogP contribution is 2.23. The van der Waals surface area contributed by atoms with Crippen LogP contribution in [0.15, 0.2) is 24.3 Å². The van der Waals surface area contributed by atoms with E-state index < -0.39 is 0 Å². The molecule has 2 rings (SSSR count). The fourth-order valence-electron chi connectivity index (χ4n) is 2.67. The van der Waals surface area contributed by atoms with Crippen molar-refractivity contribution in [1.29, 1.82) is 0 Å². The van der Waals surface area contributed by atoms with Gasteiger partial charge in [0.1, 0.15) is 0 Å². The lowest BCUT2D eigenvalue weighted by Crippen LogP contribution is -2.43. The number of rotatable bonds is 3. The van der Waals surface area contributed by atoms with Gasteiger partial charge in [0.15, 0.2) is 5.11 Å². The molecule has 1 aliphatic carbocycles. The molecule has 1 saturated carbocycles. The molecule has 0 aliphatic heterocycles. The van der Waals surface area contributed by atoms with Crippen LogP contribution in [-0.4, -0.2) is 24.2 Å². The van der Waals surface area contributed by atoms with Gasteiger partial charge in [0.2, 0.25) is 0 Å². The summed E-state index contributed by atoms with van der Waals surface area (Å²) >= 11 is 5.36. The van der Waals surface area contributed by atoms with Crippen LogP contribution >= 0.6 is 12.2 Å². The Morgan fingerprint density at radius 1 is 1.24 bits per heavy atom. The van der Waals surface area contributed by atoms with Crippen molar-refractivity contribution >= 4 is 29.0 Å². The predicted octanol–water partition coefficient (Wildman–Crippen LogP) is 3.34. The maximum Gasteiger partial charge on any atom is 0.337 e. The molecule has 0 bridgehead atoms. The number of esters is 1. The maximum absolute atomic E-state index is 11.4. The molecule has 0 amide bonds. The Kier molecular flexibility index (Phi) is 5.56. The summed E-state index contributed by atoms with van der Waals surface area (Å²) in [5.41, 5.74) is 1.39. The van der Waals surface area contributed by atoms with Crippen molar-refractivity contribution in [2.24, 2.45) is 5.92 Å². The van der Waals surface area contributed by atoms with Crippen molar-refractivity contribution in [3.05, 3.63) is 29.8 Å². The number of anilines is 1. The molecule has 0 radical (unpaired) electrons. The summed E-state index contributed by atoms with van der Waals surface area (Å²) < 4.78 is 4.67. The summed E-state index contributed by atoms with van der Waals surface area (Å²) in [4.78, 5) is 11.4. The van der Waals surface area contributed by atoms with E-state index in [2.05, 4.69) is 22.3 Å². The van der Waals surface area contributed by atoms with Crippen LogP contribution in [0.1, 0.15) is 43.0 Å². The lowest BCUT2D eigenvalue weighted by molar-refractivity contribution is 0.0601. The molecule has 114 valence electrons. The molecule has 5 heteroatoms. The van der Waals surface area contributed by atoms with Crippen molar-refractivity contribution in [3.8, 4) is 0 Å². The van der Waals surface area contributed by atoms with Crippen LogP contribution in [0.4, 0.5) is 5.69 Å². The lowest BCUT2D eigenvalue weighted by Gasteiger charge is -2.30. The van der Waals surface area contributed by atoms with E-state index in [1.807, 2.05) is 12.1 Å². The van der Waals surface area contributed by atoms with E-state index in [1.165, 1.54) is 32.8 Å². The van der Waals surface area contributed by atoms with Crippen LogP contribution in [0, 0.1) is 5.92 Å². The maximum atomic E-state index is 11.4. The lowest BCUT2D eigenvalue weighted by atomic mass is 9.86. The Hall–Kier alpha value is -1.62. The molecular weight excluding hydrogens is 284 g/mol. The SMILES string of the molecule is COC(=O)c1ccc(NC(=S)N[C@H]2CCCC[C@H]2C)cc1. The molecule has 0 spiro atoms. The van der Waals surface area contributed by atoms with Crippen molar-refractivity contribution in [1.82, 2.24) is 5.32 Å². The van der Waals surface area contributed by atoms with E-state index in [0.29, 0.717) is 22.6 Å². The highest BCUT2D eigenvalue weighted by atomic mass is 32.1. The van der Waals surface area contributed by atoms with Gasteiger partial charge in [0.05, 0.1) is 12.7 Å². The van der Waals surface area contributed by atoms with Crippen LogP contribution < -0.4 is 10.6 Å². The molecule has 1 aromatic rings. The average Bonchev–Trinajstić information content (AvgIpc) is 2.49. The zero-order valence-corrected chi connectivity index (χ0v) is 13.3. The standard InChI is InChI=1S/C16H22N2O2S/c1-11-5-3-4-6-14(11)18-16(21)17-13-9-7-12(8-10-13)15(19)20-2/h7-11,14H,3-6H2,1-2H3,(H2,17,18,21)/t11-,14+/m1/s1. The highest BCUT2D eigenvalue weighted by molar-refractivity contribution is 7.80. The molecular formula is C16H22N2O2S. The van der Waals surface area contributed by atoms with Crippen molar-refractivity contribution in [2.45, 2.75) is 38.6 Å². The zero-order valence-electron chi connectivity index (χ0n) is 12.5. The van der Waals surface area contributed by atoms with Gasteiger partial charge in [-0.3, -0.25) is 0 Å². The van der Waals surface area contributed by atoms with Crippen LogP contribution in [0.25, 0.3) is 0 Å². The normalized spacial score (nSPS) is 21.4. The number of benzene rings is 1.